The molecule has 0 fully saturated rings. The van der Waals surface area contributed by atoms with Crippen molar-refractivity contribution < 1.29 is 4.39 Å². The molecule has 0 heterocycles. The van der Waals surface area contributed by atoms with E-state index in [9.17, 15) is 0 Å². The molecule has 0 saturated heterocycles. The quantitative estimate of drug-likeness (QED) is 0.0958. The highest BCUT2D eigenvalue weighted by Crippen LogP contribution is 2.29. The van der Waals surface area contributed by atoms with E-state index in [-0.39, 0.29) is 0 Å². The van der Waals surface area contributed by atoms with Gasteiger partial charge in [-0.1, -0.05) is 168 Å². The predicted molar refractivity (Wildman–Crippen MR) is 148 cm³/mol. The maximum Gasteiger partial charge on any atom is 0.173 e. The van der Waals surface area contributed by atoms with Crippen molar-refractivity contribution in [2.75, 3.05) is 0 Å². The molecule has 0 atom stereocenters. The second-order valence-electron chi connectivity index (χ2n) is 10.4. The lowest BCUT2D eigenvalue weighted by molar-refractivity contribution is 0.526. The van der Waals surface area contributed by atoms with E-state index in [4.69, 9.17) is 0 Å². The minimum Gasteiger partial charge on any atom is -0.213 e. The molecule has 0 bridgehead atoms. The summed E-state index contributed by atoms with van der Waals surface area (Å²) in [4.78, 5) is 0. The van der Waals surface area contributed by atoms with Crippen molar-refractivity contribution >= 4 is 6.71 Å². The summed E-state index contributed by atoms with van der Waals surface area (Å²) in [6.07, 6.45) is 30.0. The fourth-order valence-corrected chi connectivity index (χ4v) is 5.01. The highest BCUT2D eigenvalue weighted by Gasteiger charge is 2.22. The second-order valence-corrected chi connectivity index (χ2v) is 10.4. The van der Waals surface area contributed by atoms with E-state index >= 15 is 4.39 Å². The Bertz CT molecular complexity index is 392. The summed E-state index contributed by atoms with van der Waals surface area (Å²) < 4.78 is 15.5. The Morgan fingerprint density at radius 3 is 1.25 bits per heavy atom. The minimum atomic E-state index is 0.295. The van der Waals surface area contributed by atoms with Gasteiger partial charge in [0.15, 0.2) is 6.71 Å². The molecule has 0 N–H and O–H groups in total. The molecule has 0 nitrogen and oxygen atoms in total. The molecular weight excluding hydrogens is 390 g/mol. The van der Waals surface area contributed by atoms with Crippen LogP contribution in [-0.4, -0.2) is 6.71 Å². The third-order valence-electron chi connectivity index (χ3n) is 7.20. The first-order chi connectivity index (χ1) is 15.7. The van der Waals surface area contributed by atoms with E-state index in [1.165, 1.54) is 140 Å². The van der Waals surface area contributed by atoms with Crippen molar-refractivity contribution in [3.05, 3.63) is 11.3 Å². The molecular formula is C30H60BF. The minimum absolute atomic E-state index is 0.295. The standard InChI is InChI=1S/C30H60BF/c1-5-9-13-17-18-19-20-22-26-30(32)29(25-21-14-10-6-2)31(27-23-15-11-7-3)28-24-16-12-8-4/h5-28H2,1-4H3/b30-29-. The molecule has 0 aliphatic heterocycles. The molecule has 32 heavy (non-hydrogen) atoms. The van der Waals surface area contributed by atoms with Crippen LogP contribution >= 0.6 is 0 Å². The Hall–Kier alpha value is -0.265. The van der Waals surface area contributed by atoms with Crippen molar-refractivity contribution in [2.45, 2.75) is 182 Å². The van der Waals surface area contributed by atoms with Crippen LogP contribution in [-0.2, 0) is 0 Å². The van der Waals surface area contributed by atoms with Crippen molar-refractivity contribution in [1.82, 2.24) is 0 Å². The van der Waals surface area contributed by atoms with Crippen molar-refractivity contribution in [3.63, 3.8) is 0 Å². The van der Waals surface area contributed by atoms with Gasteiger partial charge >= 0.3 is 0 Å². The lowest BCUT2D eigenvalue weighted by Crippen LogP contribution is -2.18. The molecule has 0 saturated carbocycles. The summed E-state index contributed by atoms with van der Waals surface area (Å²) in [5, 5.41) is 0. The molecule has 0 unspecified atom stereocenters. The maximum absolute atomic E-state index is 15.5. The summed E-state index contributed by atoms with van der Waals surface area (Å²) in [5.74, 6) is 0.295. The van der Waals surface area contributed by atoms with Crippen LogP contribution in [0.25, 0.3) is 0 Å². The molecule has 0 aliphatic rings. The van der Waals surface area contributed by atoms with Crippen molar-refractivity contribution in [2.24, 2.45) is 0 Å². The monoisotopic (exact) mass is 450 g/mol. The number of hydrogen-bond acceptors (Lipinski definition) is 0. The Balaban J connectivity index is 4.84. The molecule has 0 aliphatic carbocycles. The van der Waals surface area contributed by atoms with Gasteiger partial charge < -0.3 is 0 Å². The molecule has 0 rings (SSSR count). The summed E-state index contributed by atoms with van der Waals surface area (Å²) in [6, 6.07) is 0. The van der Waals surface area contributed by atoms with E-state index < -0.39 is 0 Å². The van der Waals surface area contributed by atoms with Crippen LogP contribution in [0.15, 0.2) is 11.3 Å². The van der Waals surface area contributed by atoms with Crippen LogP contribution < -0.4 is 0 Å². The predicted octanol–water partition coefficient (Wildman–Crippen LogP) is 11.9. The van der Waals surface area contributed by atoms with Crippen molar-refractivity contribution in [3.8, 4) is 0 Å². The summed E-state index contributed by atoms with van der Waals surface area (Å²) in [5.41, 5.74) is 1.25. The maximum atomic E-state index is 15.5. The number of hydrogen-bond donors (Lipinski definition) is 0. The van der Waals surface area contributed by atoms with Crippen LogP contribution in [0.3, 0.4) is 0 Å². The normalized spacial score (nSPS) is 12.3. The first-order valence-electron chi connectivity index (χ1n) is 15.1. The average molecular weight is 451 g/mol. The van der Waals surface area contributed by atoms with Crippen LogP contribution in [0.5, 0.6) is 0 Å². The Labute approximate surface area is 204 Å². The number of unbranched alkanes of at least 4 members (excludes halogenated alkanes) is 16. The van der Waals surface area contributed by atoms with Gasteiger partial charge in [0.25, 0.3) is 0 Å². The van der Waals surface area contributed by atoms with E-state index in [0.717, 1.165) is 12.8 Å². The third kappa shape index (κ3) is 19.2. The zero-order valence-corrected chi connectivity index (χ0v) is 22.9. The SMILES string of the molecule is CCCCCCCCCC/C(F)=C(\CCCCCC)B(CCCCCC)CCCCCC. The topological polar surface area (TPSA) is 0 Å². The van der Waals surface area contributed by atoms with Crippen LogP contribution in [0.4, 0.5) is 4.39 Å². The number of halogens is 1. The van der Waals surface area contributed by atoms with Crippen LogP contribution in [0.1, 0.15) is 169 Å². The number of allylic oxidation sites excluding steroid dienone is 2. The number of rotatable bonds is 25. The molecule has 0 aromatic rings. The van der Waals surface area contributed by atoms with Crippen molar-refractivity contribution in [1.29, 1.82) is 0 Å². The molecule has 0 amide bonds. The van der Waals surface area contributed by atoms with Gasteiger partial charge in [0.05, 0.1) is 5.83 Å². The van der Waals surface area contributed by atoms with Gasteiger partial charge in [-0.05, 0) is 19.3 Å². The largest absolute Gasteiger partial charge is 0.213 e. The summed E-state index contributed by atoms with van der Waals surface area (Å²) in [6.45, 7) is 9.62. The highest BCUT2D eigenvalue weighted by atomic mass is 19.1. The van der Waals surface area contributed by atoms with Gasteiger partial charge in [0.2, 0.25) is 0 Å². The van der Waals surface area contributed by atoms with E-state index in [1.807, 2.05) is 0 Å². The smallest absolute Gasteiger partial charge is 0.173 e. The molecule has 190 valence electrons. The third-order valence-corrected chi connectivity index (χ3v) is 7.20. The van der Waals surface area contributed by atoms with Crippen LogP contribution in [0.2, 0.25) is 12.6 Å². The Kier molecular flexibility index (Phi) is 25.1. The van der Waals surface area contributed by atoms with E-state index in [1.54, 1.807) is 0 Å². The molecule has 0 aromatic heterocycles. The van der Waals surface area contributed by atoms with E-state index in [0.29, 0.717) is 19.0 Å². The van der Waals surface area contributed by atoms with Gasteiger partial charge in [-0.15, -0.1) is 0 Å². The fourth-order valence-electron chi connectivity index (χ4n) is 5.01. The zero-order valence-electron chi connectivity index (χ0n) is 22.9. The summed E-state index contributed by atoms with van der Waals surface area (Å²) in [7, 11) is 0. The van der Waals surface area contributed by atoms with Gasteiger partial charge in [-0.25, -0.2) is 4.39 Å². The molecule has 2 heteroatoms. The first kappa shape index (κ1) is 31.7. The Morgan fingerprint density at radius 2 is 0.781 bits per heavy atom. The molecule has 0 radical (unpaired) electrons. The fraction of sp³-hybridized carbons (Fsp3) is 0.933. The lowest BCUT2D eigenvalue weighted by Gasteiger charge is -2.20. The zero-order chi connectivity index (χ0) is 23.7. The molecule has 0 spiro atoms. The van der Waals surface area contributed by atoms with E-state index in [2.05, 4.69) is 27.7 Å². The summed E-state index contributed by atoms with van der Waals surface area (Å²) >= 11 is 0. The van der Waals surface area contributed by atoms with Gasteiger partial charge in [-0.3, -0.25) is 0 Å². The average Bonchev–Trinajstić information content (AvgIpc) is 2.80. The Morgan fingerprint density at radius 1 is 0.438 bits per heavy atom. The van der Waals surface area contributed by atoms with Gasteiger partial charge in [0, 0.05) is 0 Å². The molecule has 0 aromatic carbocycles. The second kappa shape index (κ2) is 25.4. The van der Waals surface area contributed by atoms with Gasteiger partial charge in [-0.2, -0.15) is 0 Å². The highest BCUT2D eigenvalue weighted by molar-refractivity contribution is 6.66. The first-order valence-corrected chi connectivity index (χ1v) is 15.1. The van der Waals surface area contributed by atoms with Crippen LogP contribution in [0, 0.1) is 0 Å². The lowest BCUT2D eigenvalue weighted by atomic mass is 9.38. The van der Waals surface area contributed by atoms with Gasteiger partial charge in [0.1, 0.15) is 0 Å².